The summed E-state index contributed by atoms with van der Waals surface area (Å²) < 4.78 is 13.1. The van der Waals surface area contributed by atoms with E-state index in [4.69, 9.17) is 5.73 Å². The van der Waals surface area contributed by atoms with Crippen LogP contribution in [-0.4, -0.2) is 24.5 Å². The molecule has 0 heterocycles. The molecule has 0 fully saturated rings. The Balaban J connectivity index is 2.30. The van der Waals surface area contributed by atoms with Gasteiger partial charge in [0.15, 0.2) is 0 Å². The van der Waals surface area contributed by atoms with Gasteiger partial charge in [-0.1, -0.05) is 56.3 Å². The lowest BCUT2D eigenvalue weighted by Crippen LogP contribution is -2.49. The van der Waals surface area contributed by atoms with Crippen molar-refractivity contribution in [1.29, 1.82) is 0 Å². The maximum Gasteiger partial charge on any atom is 0.123 e. The molecule has 2 aromatic carbocycles. The van der Waals surface area contributed by atoms with Crippen LogP contribution in [0, 0.1) is 5.82 Å². The molecule has 2 aromatic rings. The molecule has 2 nitrogen and oxygen atoms in total. The van der Waals surface area contributed by atoms with Crippen LogP contribution in [0.1, 0.15) is 25.0 Å². The van der Waals surface area contributed by atoms with Crippen molar-refractivity contribution in [2.75, 3.05) is 19.6 Å². The van der Waals surface area contributed by atoms with Gasteiger partial charge in [-0.3, -0.25) is 0 Å². The molecule has 0 aromatic heterocycles. The fraction of sp³-hybridized carbons (Fsp3) is 0.368. The summed E-state index contributed by atoms with van der Waals surface area (Å²) in [6.07, 6.45) is 0.688. The highest BCUT2D eigenvalue weighted by Gasteiger charge is 2.29. The summed E-state index contributed by atoms with van der Waals surface area (Å²) in [5.41, 5.74) is 8.50. The van der Waals surface area contributed by atoms with Crippen LogP contribution in [0.3, 0.4) is 0 Å². The van der Waals surface area contributed by atoms with E-state index in [0.29, 0.717) is 6.42 Å². The molecule has 0 aliphatic rings. The number of hydrogen-bond donors (Lipinski definition) is 1. The van der Waals surface area contributed by atoms with Crippen molar-refractivity contribution >= 4 is 0 Å². The fourth-order valence-corrected chi connectivity index (χ4v) is 2.83. The summed E-state index contributed by atoms with van der Waals surface area (Å²) in [6.45, 7) is 7.00. The van der Waals surface area contributed by atoms with Gasteiger partial charge in [-0.15, -0.1) is 0 Å². The minimum Gasteiger partial charge on any atom is -0.320 e. The zero-order valence-electron chi connectivity index (χ0n) is 13.4. The summed E-state index contributed by atoms with van der Waals surface area (Å²) in [7, 11) is 0. The molecular weight excluding hydrogens is 275 g/mol. The summed E-state index contributed by atoms with van der Waals surface area (Å²) in [6, 6.07) is 16.8. The van der Waals surface area contributed by atoms with Crippen LogP contribution < -0.4 is 5.73 Å². The molecule has 22 heavy (non-hydrogen) atoms. The number of likely N-dealkylation sites (N-methyl/N-ethyl adjacent to an activating group) is 1. The standard InChI is InChI=1S/C19H25FN2/c1-3-22(4-2)15-19(21,17-8-6-5-7-9-17)14-16-10-12-18(20)13-11-16/h5-13H,3-4,14-15,21H2,1-2H3. The smallest absolute Gasteiger partial charge is 0.123 e. The van der Waals surface area contributed by atoms with Gasteiger partial charge in [-0.25, -0.2) is 4.39 Å². The van der Waals surface area contributed by atoms with E-state index >= 15 is 0 Å². The summed E-state index contributed by atoms with van der Waals surface area (Å²) in [5, 5.41) is 0. The molecular formula is C19H25FN2. The van der Waals surface area contributed by atoms with Crippen LogP contribution in [0.2, 0.25) is 0 Å². The van der Waals surface area contributed by atoms with Crippen molar-refractivity contribution in [3.8, 4) is 0 Å². The van der Waals surface area contributed by atoms with Crippen LogP contribution in [0.4, 0.5) is 4.39 Å². The van der Waals surface area contributed by atoms with Gasteiger partial charge in [0.05, 0.1) is 5.54 Å². The van der Waals surface area contributed by atoms with Crippen LogP contribution in [0.25, 0.3) is 0 Å². The van der Waals surface area contributed by atoms with E-state index in [0.717, 1.165) is 30.8 Å². The zero-order chi connectivity index (χ0) is 16.0. The first-order valence-electron chi connectivity index (χ1n) is 7.88. The zero-order valence-corrected chi connectivity index (χ0v) is 13.4. The molecule has 0 saturated heterocycles. The van der Waals surface area contributed by atoms with Gasteiger partial charge in [0.2, 0.25) is 0 Å². The van der Waals surface area contributed by atoms with Crippen molar-refractivity contribution in [3.05, 3.63) is 71.5 Å². The van der Waals surface area contributed by atoms with Crippen molar-refractivity contribution < 1.29 is 4.39 Å². The molecule has 0 aliphatic heterocycles. The monoisotopic (exact) mass is 300 g/mol. The van der Waals surface area contributed by atoms with E-state index in [1.165, 1.54) is 12.1 Å². The van der Waals surface area contributed by atoms with Crippen molar-refractivity contribution in [2.45, 2.75) is 25.8 Å². The van der Waals surface area contributed by atoms with E-state index in [2.05, 4.69) is 30.9 Å². The Labute approximate surface area is 132 Å². The fourth-order valence-electron chi connectivity index (χ4n) is 2.83. The molecule has 118 valence electrons. The number of nitrogens with two attached hydrogens (primary N) is 1. The highest BCUT2D eigenvalue weighted by molar-refractivity contribution is 5.29. The number of hydrogen-bond acceptors (Lipinski definition) is 2. The van der Waals surface area contributed by atoms with Crippen molar-refractivity contribution in [1.82, 2.24) is 4.90 Å². The highest BCUT2D eigenvalue weighted by Crippen LogP contribution is 2.25. The van der Waals surface area contributed by atoms with Gasteiger partial charge in [-0.05, 0) is 42.8 Å². The number of nitrogens with zero attached hydrogens (tertiary/aromatic N) is 1. The summed E-state index contributed by atoms with van der Waals surface area (Å²) in [5.74, 6) is -0.213. The topological polar surface area (TPSA) is 29.3 Å². The number of rotatable bonds is 7. The molecule has 2 rings (SSSR count). The van der Waals surface area contributed by atoms with Gasteiger partial charge in [0, 0.05) is 6.54 Å². The average Bonchev–Trinajstić information content (AvgIpc) is 2.56. The molecule has 0 radical (unpaired) electrons. The quantitative estimate of drug-likeness (QED) is 0.847. The van der Waals surface area contributed by atoms with Crippen LogP contribution in [0.5, 0.6) is 0 Å². The highest BCUT2D eigenvalue weighted by atomic mass is 19.1. The summed E-state index contributed by atoms with van der Waals surface area (Å²) in [4.78, 5) is 2.33. The van der Waals surface area contributed by atoms with E-state index in [9.17, 15) is 4.39 Å². The van der Waals surface area contributed by atoms with Gasteiger partial charge < -0.3 is 10.6 Å². The third kappa shape index (κ3) is 4.15. The largest absolute Gasteiger partial charge is 0.320 e. The van der Waals surface area contributed by atoms with E-state index in [-0.39, 0.29) is 5.82 Å². The first-order valence-corrected chi connectivity index (χ1v) is 7.88. The van der Waals surface area contributed by atoms with Crippen molar-refractivity contribution in [2.24, 2.45) is 5.73 Å². The third-order valence-corrected chi connectivity index (χ3v) is 4.18. The maximum atomic E-state index is 13.1. The van der Waals surface area contributed by atoms with Crippen LogP contribution >= 0.6 is 0 Å². The molecule has 0 bridgehead atoms. The van der Waals surface area contributed by atoms with Gasteiger partial charge in [0.1, 0.15) is 5.82 Å². The summed E-state index contributed by atoms with van der Waals surface area (Å²) >= 11 is 0. The lowest BCUT2D eigenvalue weighted by atomic mass is 9.84. The Kier molecular flexibility index (Phi) is 5.69. The average molecular weight is 300 g/mol. The van der Waals surface area contributed by atoms with Crippen LogP contribution in [0.15, 0.2) is 54.6 Å². The molecule has 0 aliphatic carbocycles. The molecule has 3 heteroatoms. The maximum absolute atomic E-state index is 13.1. The Morgan fingerprint density at radius 3 is 2.09 bits per heavy atom. The number of halogens is 1. The lowest BCUT2D eigenvalue weighted by molar-refractivity contribution is 0.224. The molecule has 0 saturated carbocycles. The third-order valence-electron chi connectivity index (χ3n) is 4.18. The van der Waals surface area contributed by atoms with E-state index < -0.39 is 5.54 Å². The van der Waals surface area contributed by atoms with Gasteiger partial charge in [-0.2, -0.15) is 0 Å². The Bertz CT molecular complexity index is 564. The molecule has 2 N–H and O–H groups in total. The van der Waals surface area contributed by atoms with Crippen molar-refractivity contribution in [3.63, 3.8) is 0 Å². The van der Waals surface area contributed by atoms with E-state index in [1.54, 1.807) is 0 Å². The number of benzene rings is 2. The second-order valence-corrected chi connectivity index (χ2v) is 5.79. The molecule has 0 spiro atoms. The predicted octanol–water partition coefficient (Wildman–Crippen LogP) is 3.56. The second-order valence-electron chi connectivity index (χ2n) is 5.79. The van der Waals surface area contributed by atoms with Crippen LogP contribution in [-0.2, 0) is 12.0 Å². The minimum atomic E-state index is -0.481. The Hall–Kier alpha value is -1.71. The molecule has 1 unspecified atom stereocenters. The normalized spacial score (nSPS) is 14.0. The molecule has 0 amide bonds. The second kappa shape index (κ2) is 7.52. The lowest BCUT2D eigenvalue weighted by Gasteiger charge is -2.35. The van der Waals surface area contributed by atoms with Gasteiger partial charge >= 0.3 is 0 Å². The SMILES string of the molecule is CCN(CC)CC(N)(Cc1ccc(F)cc1)c1ccccc1. The predicted molar refractivity (Wildman–Crippen MR) is 90.2 cm³/mol. The minimum absolute atomic E-state index is 0.213. The van der Waals surface area contributed by atoms with Gasteiger partial charge in [0.25, 0.3) is 0 Å². The Morgan fingerprint density at radius 1 is 0.955 bits per heavy atom. The first kappa shape index (κ1) is 16.7. The molecule has 1 atom stereocenters. The van der Waals surface area contributed by atoms with E-state index in [1.807, 2.05) is 30.3 Å². The Morgan fingerprint density at radius 2 is 1.55 bits per heavy atom. The first-order chi connectivity index (χ1) is 10.6.